The molecule has 1 amide bonds. The van der Waals surface area contributed by atoms with Gasteiger partial charge in [0.15, 0.2) is 11.0 Å². The minimum absolute atomic E-state index is 0.118. The van der Waals surface area contributed by atoms with Crippen LogP contribution in [-0.2, 0) is 11.8 Å². The van der Waals surface area contributed by atoms with Crippen LogP contribution in [0.1, 0.15) is 12.5 Å². The highest BCUT2D eigenvalue weighted by Gasteiger charge is 2.15. The highest BCUT2D eigenvalue weighted by Crippen LogP contribution is 2.26. The third-order valence-corrected chi connectivity index (χ3v) is 5.03. The molecule has 1 aromatic heterocycles. The molecule has 0 aliphatic heterocycles. The van der Waals surface area contributed by atoms with Gasteiger partial charge in [-0.15, -0.1) is 10.2 Å². The summed E-state index contributed by atoms with van der Waals surface area (Å²) in [4.78, 5) is 12.3. The first-order valence-corrected chi connectivity index (χ1v) is 9.68. The minimum Gasteiger partial charge on any atom is -0.492 e. The van der Waals surface area contributed by atoms with Gasteiger partial charge in [0.1, 0.15) is 5.75 Å². The van der Waals surface area contributed by atoms with E-state index in [1.54, 1.807) is 0 Å². The topological polar surface area (TPSA) is 69.0 Å². The molecule has 0 fully saturated rings. The number of amides is 1. The van der Waals surface area contributed by atoms with Crippen LogP contribution < -0.4 is 10.1 Å². The van der Waals surface area contributed by atoms with Crippen LogP contribution in [0, 0.1) is 6.92 Å². The molecule has 3 aromatic rings. The van der Waals surface area contributed by atoms with Crippen LogP contribution in [0.4, 0.5) is 5.69 Å². The molecule has 0 spiro atoms. The second-order valence-corrected chi connectivity index (χ2v) is 6.89. The zero-order chi connectivity index (χ0) is 19.2. The zero-order valence-corrected chi connectivity index (χ0v) is 16.4. The molecule has 0 atom stereocenters. The van der Waals surface area contributed by atoms with Crippen LogP contribution in [0.2, 0.25) is 0 Å². The Morgan fingerprint density at radius 1 is 1.15 bits per heavy atom. The van der Waals surface area contributed by atoms with Crippen LogP contribution in [0.25, 0.3) is 11.4 Å². The Balaban J connectivity index is 1.66. The van der Waals surface area contributed by atoms with E-state index >= 15 is 0 Å². The number of nitrogens with zero attached hydrogens (tertiary/aromatic N) is 3. The number of nitrogens with one attached hydrogen (secondary N) is 1. The lowest BCUT2D eigenvalue weighted by Crippen LogP contribution is -2.15. The van der Waals surface area contributed by atoms with E-state index in [4.69, 9.17) is 4.74 Å². The lowest BCUT2D eigenvalue weighted by atomic mass is 10.1. The Kier molecular flexibility index (Phi) is 6.13. The summed E-state index contributed by atoms with van der Waals surface area (Å²) in [5.74, 6) is 1.57. The predicted molar refractivity (Wildman–Crippen MR) is 108 cm³/mol. The summed E-state index contributed by atoms with van der Waals surface area (Å²) in [7, 11) is 1.91. The largest absolute Gasteiger partial charge is 0.492 e. The Labute approximate surface area is 163 Å². The quantitative estimate of drug-likeness (QED) is 0.627. The van der Waals surface area contributed by atoms with Gasteiger partial charge in [-0.1, -0.05) is 48.2 Å². The Morgan fingerprint density at radius 3 is 2.67 bits per heavy atom. The van der Waals surface area contributed by atoms with Gasteiger partial charge in [0.2, 0.25) is 5.91 Å². The van der Waals surface area contributed by atoms with Gasteiger partial charge in [-0.3, -0.25) is 4.79 Å². The number of aryl methyl sites for hydroxylation is 1. The van der Waals surface area contributed by atoms with E-state index in [0.29, 0.717) is 23.2 Å². The summed E-state index contributed by atoms with van der Waals surface area (Å²) in [6, 6.07) is 15.4. The van der Waals surface area contributed by atoms with Crippen LogP contribution in [0.15, 0.2) is 53.7 Å². The van der Waals surface area contributed by atoms with E-state index in [2.05, 4.69) is 15.5 Å². The number of ether oxygens (including phenoxy) is 1. The third kappa shape index (κ3) is 4.49. The summed E-state index contributed by atoms with van der Waals surface area (Å²) in [5.41, 5.74) is 2.84. The summed E-state index contributed by atoms with van der Waals surface area (Å²) in [6.07, 6.45) is 0. The number of rotatable bonds is 7. The number of carbonyl (C=O) groups excluding carboxylic acids is 1. The molecule has 0 unspecified atom stereocenters. The van der Waals surface area contributed by atoms with Crippen molar-refractivity contribution in [2.75, 3.05) is 17.7 Å². The first-order valence-electron chi connectivity index (χ1n) is 8.70. The average molecular weight is 382 g/mol. The molecule has 2 aromatic carbocycles. The first kappa shape index (κ1) is 19.0. The first-order chi connectivity index (χ1) is 13.1. The number of benzene rings is 2. The van der Waals surface area contributed by atoms with Crippen molar-refractivity contribution in [2.24, 2.45) is 7.05 Å². The fourth-order valence-corrected chi connectivity index (χ4v) is 3.38. The van der Waals surface area contributed by atoms with Crippen LogP contribution >= 0.6 is 11.8 Å². The van der Waals surface area contributed by atoms with E-state index in [9.17, 15) is 4.79 Å². The molecule has 0 radical (unpaired) electrons. The molecule has 27 heavy (non-hydrogen) atoms. The summed E-state index contributed by atoms with van der Waals surface area (Å²) in [5, 5.41) is 12.1. The number of carbonyl (C=O) groups is 1. The molecule has 7 heteroatoms. The highest BCUT2D eigenvalue weighted by molar-refractivity contribution is 7.99. The van der Waals surface area contributed by atoms with Crippen molar-refractivity contribution >= 4 is 23.4 Å². The average Bonchev–Trinajstić information content (AvgIpc) is 3.03. The van der Waals surface area contributed by atoms with Gasteiger partial charge in [-0.25, -0.2) is 0 Å². The van der Waals surface area contributed by atoms with Gasteiger partial charge in [-0.2, -0.15) is 0 Å². The fraction of sp³-hybridized carbons (Fsp3) is 0.250. The summed E-state index contributed by atoms with van der Waals surface area (Å²) in [6.45, 7) is 4.50. The van der Waals surface area contributed by atoms with Crippen molar-refractivity contribution < 1.29 is 9.53 Å². The predicted octanol–water partition coefficient (Wildman–Crippen LogP) is 3.92. The molecular weight excluding hydrogens is 360 g/mol. The smallest absolute Gasteiger partial charge is 0.234 e. The van der Waals surface area contributed by atoms with Gasteiger partial charge in [0.25, 0.3) is 0 Å². The molecule has 1 N–H and O–H groups in total. The van der Waals surface area contributed by atoms with Crippen LogP contribution in [0.5, 0.6) is 5.75 Å². The molecule has 6 nitrogen and oxygen atoms in total. The minimum atomic E-state index is -0.118. The number of para-hydroxylation sites is 2. The van der Waals surface area contributed by atoms with E-state index in [1.165, 1.54) is 11.8 Å². The second kappa shape index (κ2) is 8.73. The molecule has 1 heterocycles. The van der Waals surface area contributed by atoms with E-state index in [0.717, 1.165) is 17.0 Å². The van der Waals surface area contributed by atoms with Gasteiger partial charge in [-0.05, 0) is 31.5 Å². The number of hydrogen-bond acceptors (Lipinski definition) is 5. The Bertz CT molecular complexity index is 939. The Morgan fingerprint density at radius 2 is 1.89 bits per heavy atom. The van der Waals surface area contributed by atoms with Crippen LogP contribution in [0.3, 0.4) is 0 Å². The van der Waals surface area contributed by atoms with Crippen LogP contribution in [-0.4, -0.2) is 33.0 Å². The van der Waals surface area contributed by atoms with E-state index in [1.807, 2.05) is 74.0 Å². The van der Waals surface area contributed by atoms with Crippen molar-refractivity contribution in [2.45, 2.75) is 19.0 Å². The maximum Gasteiger partial charge on any atom is 0.234 e. The molecular formula is C20H22N4O2S. The van der Waals surface area contributed by atoms with Crippen molar-refractivity contribution in [3.8, 4) is 17.1 Å². The van der Waals surface area contributed by atoms with Gasteiger partial charge in [0, 0.05) is 12.6 Å². The lowest BCUT2D eigenvalue weighted by Gasteiger charge is -2.11. The summed E-state index contributed by atoms with van der Waals surface area (Å²) < 4.78 is 7.45. The van der Waals surface area contributed by atoms with E-state index in [-0.39, 0.29) is 11.7 Å². The van der Waals surface area contributed by atoms with Crippen molar-refractivity contribution in [1.82, 2.24) is 14.8 Å². The molecule has 0 saturated carbocycles. The SMILES string of the molecule is CCOc1ccccc1NC(=O)CSc1nnc(-c2ccccc2C)n1C. The normalized spacial score (nSPS) is 10.6. The van der Waals surface area contributed by atoms with E-state index < -0.39 is 0 Å². The standard InChI is InChI=1S/C20H22N4O2S/c1-4-26-17-12-8-7-11-16(17)21-18(25)13-27-20-23-22-19(24(20)3)15-10-6-5-9-14(15)2/h5-12H,4,13H2,1-3H3,(H,21,25). The van der Waals surface area contributed by atoms with Gasteiger partial charge in [0.05, 0.1) is 18.0 Å². The Hall–Kier alpha value is -2.80. The maximum absolute atomic E-state index is 12.3. The second-order valence-electron chi connectivity index (χ2n) is 5.95. The number of anilines is 1. The monoisotopic (exact) mass is 382 g/mol. The van der Waals surface area contributed by atoms with Gasteiger partial charge >= 0.3 is 0 Å². The number of hydrogen-bond donors (Lipinski definition) is 1. The molecule has 0 aliphatic rings. The van der Waals surface area contributed by atoms with Gasteiger partial charge < -0.3 is 14.6 Å². The number of aromatic nitrogens is 3. The van der Waals surface area contributed by atoms with Crippen molar-refractivity contribution in [3.63, 3.8) is 0 Å². The number of thioether (sulfide) groups is 1. The fourth-order valence-electron chi connectivity index (χ4n) is 2.67. The zero-order valence-electron chi connectivity index (χ0n) is 15.6. The van der Waals surface area contributed by atoms with Crippen molar-refractivity contribution in [3.05, 3.63) is 54.1 Å². The maximum atomic E-state index is 12.3. The molecule has 0 saturated heterocycles. The lowest BCUT2D eigenvalue weighted by molar-refractivity contribution is -0.113. The van der Waals surface area contributed by atoms with Crippen molar-refractivity contribution in [1.29, 1.82) is 0 Å². The third-order valence-electron chi connectivity index (χ3n) is 4.01. The highest BCUT2D eigenvalue weighted by atomic mass is 32.2. The molecule has 140 valence electrons. The molecule has 3 rings (SSSR count). The molecule has 0 aliphatic carbocycles. The molecule has 0 bridgehead atoms. The summed E-state index contributed by atoms with van der Waals surface area (Å²) >= 11 is 1.35.